The van der Waals surface area contributed by atoms with Crippen molar-refractivity contribution in [2.75, 3.05) is 18.5 Å². The minimum absolute atomic E-state index is 0.178. The van der Waals surface area contributed by atoms with E-state index in [1.165, 1.54) is 0 Å². The highest BCUT2D eigenvalue weighted by Crippen LogP contribution is 2.26. The van der Waals surface area contributed by atoms with Gasteiger partial charge in [0.2, 0.25) is 5.65 Å². The Bertz CT molecular complexity index is 557. The molecule has 2 aromatic heterocycles. The largest absolute Gasteiger partial charge is 0.385 e. The van der Waals surface area contributed by atoms with E-state index in [0.717, 1.165) is 0 Å². The number of aliphatic hydroxyl groups is 1. The van der Waals surface area contributed by atoms with Crippen LogP contribution in [0.4, 0.5) is 5.82 Å². The van der Waals surface area contributed by atoms with E-state index in [4.69, 9.17) is 4.74 Å². The van der Waals surface area contributed by atoms with Crippen molar-refractivity contribution in [2.45, 2.75) is 25.0 Å². The van der Waals surface area contributed by atoms with Gasteiger partial charge in [0, 0.05) is 32.0 Å². The average molecular weight is 249 g/mol. The number of rotatable bonds is 3. The summed E-state index contributed by atoms with van der Waals surface area (Å²) in [4.78, 5) is 4.21. The van der Waals surface area contributed by atoms with E-state index in [2.05, 4.69) is 20.5 Å². The third-order valence-corrected chi connectivity index (χ3v) is 3.44. The summed E-state index contributed by atoms with van der Waals surface area (Å²) in [6, 6.07) is 0. The lowest BCUT2D eigenvalue weighted by Gasteiger charge is -2.26. The summed E-state index contributed by atoms with van der Waals surface area (Å²) < 4.78 is 7.16. The van der Waals surface area contributed by atoms with Crippen LogP contribution in [-0.2, 0) is 4.74 Å². The van der Waals surface area contributed by atoms with Crippen molar-refractivity contribution in [3.05, 3.63) is 18.7 Å². The molecule has 1 aliphatic rings. The van der Waals surface area contributed by atoms with Gasteiger partial charge in [0.05, 0.1) is 6.10 Å². The molecule has 7 heteroatoms. The molecule has 3 heterocycles. The Balaban J connectivity index is 1.79. The molecule has 0 amide bonds. The molecule has 0 aromatic carbocycles. The molecule has 1 aliphatic heterocycles. The van der Waals surface area contributed by atoms with Gasteiger partial charge in [-0.3, -0.25) is 4.40 Å². The predicted molar refractivity (Wildman–Crippen MR) is 64.3 cm³/mol. The van der Waals surface area contributed by atoms with Crippen LogP contribution in [0.5, 0.6) is 0 Å². The fraction of sp³-hybridized carbons (Fsp3) is 0.545. The zero-order valence-electron chi connectivity index (χ0n) is 10.1. The number of hydrogen-bond donors (Lipinski definition) is 2. The first kappa shape index (κ1) is 11.4. The maximum Gasteiger partial charge on any atom is 0.203 e. The van der Waals surface area contributed by atoms with E-state index in [0.29, 0.717) is 31.0 Å². The highest BCUT2D eigenvalue weighted by atomic mass is 16.5. The maximum absolute atomic E-state index is 10.4. The Hall–Kier alpha value is -1.73. The number of anilines is 1. The SMILES string of the molecule is CC1OCCC1(O)CNc1nccn2cnnc12. The predicted octanol–water partition coefficient (Wildman–Crippen LogP) is 0.0761. The minimum Gasteiger partial charge on any atom is -0.385 e. The fourth-order valence-corrected chi connectivity index (χ4v) is 2.12. The minimum atomic E-state index is -0.853. The molecule has 1 saturated heterocycles. The second kappa shape index (κ2) is 4.18. The molecule has 2 aromatic rings. The Morgan fingerprint density at radius 3 is 3.33 bits per heavy atom. The van der Waals surface area contributed by atoms with Crippen LogP contribution in [0.15, 0.2) is 18.7 Å². The smallest absolute Gasteiger partial charge is 0.203 e. The molecule has 2 atom stereocenters. The molecule has 96 valence electrons. The van der Waals surface area contributed by atoms with Crippen LogP contribution in [0.25, 0.3) is 5.65 Å². The van der Waals surface area contributed by atoms with E-state index in [1.807, 2.05) is 6.92 Å². The van der Waals surface area contributed by atoms with Crippen LogP contribution in [0.1, 0.15) is 13.3 Å². The second-order valence-electron chi connectivity index (χ2n) is 4.56. The molecule has 0 radical (unpaired) electrons. The van der Waals surface area contributed by atoms with Crippen molar-refractivity contribution >= 4 is 11.5 Å². The summed E-state index contributed by atoms with van der Waals surface area (Å²) in [6.45, 7) is 2.84. The lowest BCUT2D eigenvalue weighted by Crippen LogP contribution is -2.43. The molecule has 7 nitrogen and oxygen atoms in total. The third kappa shape index (κ3) is 1.81. The van der Waals surface area contributed by atoms with E-state index in [9.17, 15) is 5.11 Å². The monoisotopic (exact) mass is 249 g/mol. The van der Waals surface area contributed by atoms with Gasteiger partial charge in [-0.25, -0.2) is 4.98 Å². The van der Waals surface area contributed by atoms with Gasteiger partial charge in [0.15, 0.2) is 5.82 Å². The molecular weight excluding hydrogens is 234 g/mol. The van der Waals surface area contributed by atoms with E-state index >= 15 is 0 Å². The number of ether oxygens (including phenoxy) is 1. The molecule has 0 aliphatic carbocycles. The van der Waals surface area contributed by atoms with Gasteiger partial charge in [0.25, 0.3) is 0 Å². The quantitative estimate of drug-likeness (QED) is 0.801. The topological polar surface area (TPSA) is 84.6 Å². The lowest BCUT2D eigenvalue weighted by atomic mass is 9.97. The van der Waals surface area contributed by atoms with Gasteiger partial charge in [-0.2, -0.15) is 0 Å². The van der Waals surface area contributed by atoms with Gasteiger partial charge in [-0.15, -0.1) is 10.2 Å². The zero-order chi connectivity index (χ0) is 12.6. The number of nitrogens with one attached hydrogen (secondary N) is 1. The maximum atomic E-state index is 10.4. The normalized spacial score (nSPS) is 27.8. The van der Waals surface area contributed by atoms with Gasteiger partial charge in [-0.1, -0.05) is 0 Å². The Labute approximate surface area is 104 Å². The van der Waals surface area contributed by atoms with Crippen LogP contribution in [-0.4, -0.2) is 49.5 Å². The number of hydrogen-bond acceptors (Lipinski definition) is 6. The summed E-state index contributed by atoms with van der Waals surface area (Å²) in [7, 11) is 0. The molecule has 0 saturated carbocycles. The van der Waals surface area contributed by atoms with E-state index in [-0.39, 0.29) is 6.10 Å². The van der Waals surface area contributed by atoms with Crippen LogP contribution in [0.2, 0.25) is 0 Å². The van der Waals surface area contributed by atoms with E-state index < -0.39 is 5.60 Å². The van der Waals surface area contributed by atoms with Crippen LogP contribution in [0.3, 0.4) is 0 Å². The lowest BCUT2D eigenvalue weighted by molar-refractivity contribution is -0.0176. The molecule has 3 rings (SSSR count). The van der Waals surface area contributed by atoms with Crippen molar-refractivity contribution in [2.24, 2.45) is 0 Å². The first-order valence-electron chi connectivity index (χ1n) is 5.91. The number of fused-ring (bicyclic) bond motifs is 1. The average Bonchev–Trinajstić information content (AvgIpc) is 2.95. The fourth-order valence-electron chi connectivity index (χ4n) is 2.12. The zero-order valence-corrected chi connectivity index (χ0v) is 10.1. The second-order valence-corrected chi connectivity index (χ2v) is 4.56. The molecule has 0 spiro atoms. The Morgan fingerprint density at radius 2 is 2.56 bits per heavy atom. The Morgan fingerprint density at radius 1 is 1.67 bits per heavy atom. The highest BCUT2D eigenvalue weighted by molar-refractivity contribution is 5.61. The van der Waals surface area contributed by atoms with Gasteiger partial charge in [-0.05, 0) is 6.92 Å². The van der Waals surface area contributed by atoms with Crippen molar-refractivity contribution in [3.63, 3.8) is 0 Å². The van der Waals surface area contributed by atoms with Crippen molar-refractivity contribution < 1.29 is 9.84 Å². The molecular formula is C11H15N5O2. The first-order chi connectivity index (χ1) is 8.69. The van der Waals surface area contributed by atoms with Crippen LogP contribution in [0, 0.1) is 0 Å². The summed E-state index contributed by atoms with van der Waals surface area (Å²) in [5.74, 6) is 0.613. The molecule has 1 fully saturated rings. The van der Waals surface area contributed by atoms with Gasteiger partial charge < -0.3 is 15.2 Å². The molecule has 18 heavy (non-hydrogen) atoms. The highest BCUT2D eigenvalue weighted by Gasteiger charge is 2.39. The molecule has 2 unspecified atom stereocenters. The van der Waals surface area contributed by atoms with Crippen molar-refractivity contribution in [1.29, 1.82) is 0 Å². The molecule has 2 N–H and O–H groups in total. The van der Waals surface area contributed by atoms with E-state index in [1.54, 1.807) is 23.1 Å². The van der Waals surface area contributed by atoms with Crippen LogP contribution >= 0.6 is 0 Å². The first-order valence-corrected chi connectivity index (χ1v) is 5.91. The summed E-state index contributed by atoms with van der Waals surface area (Å²) in [5, 5.41) is 21.3. The van der Waals surface area contributed by atoms with Gasteiger partial charge >= 0.3 is 0 Å². The summed E-state index contributed by atoms with van der Waals surface area (Å²) in [5.41, 5.74) is -0.207. The third-order valence-electron chi connectivity index (χ3n) is 3.44. The van der Waals surface area contributed by atoms with Crippen LogP contribution < -0.4 is 5.32 Å². The summed E-state index contributed by atoms with van der Waals surface area (Å²) >= 11 is 0. The Kier molecular flexibility index (Phi) is 2.64. The molecule has 0 bridgehead atoms. The van der Waals surface area contributed by atoms with Crippen molar-refractivity contribution in [3.8, 4) is 0 Å². The number of aromatic nitrogens is 4. The summed E-state index contributed by atoms with van der Waals surface area (Å²) in [6.07, 6.45) is 5.49. The number of nitrogens with zero attached hydrogens (tertiary/aromatic N) is 4. The van der Waals surface area contributed by atoms with Gasteiger partial charge in [0.1, 0.15) is 11.9 Å². The van der Waals surface area contributed by atoms with Crippen molar-refractivity contribution in [1.82, 2.24) is 19.6 Å². The standard InChI is InChI=1S/C11H15N5O2/c1-8-11(17,2-5-18-8)6-13-9-10-15-14-7-16(10)4-3-12-9/h3-4,7-8,17H,2,5-6H2,1H3,(H,12,13).